The fourth-order valence-electron chi connectivity index (χ4n) is 6.93. The highest BCUT2D eigenvalue weighted by atomic mass is 35.5. The first-order valence-corrected chi connectivity index (χ1v) is 20.3. The molecule has 2 heterocycles. The van der Waals surface area contributed by atoms with Gasteiger partial charge in [-0.15, -0.1) is 0 Å². The highest BCUT2D eigenvalue weighted by Gasteiger charge is 2.38. The number of β-amino-alcohol motifs (C(OH)–C–C–N with tert-alkyl or cyclic N) is 1. The maximum Gasteiger partial charge on any atom is 0.254 e. The third-order valence-electron chi connectivity index (χ3n) is 11.0. The standard InChI is InChI=1S/C29H41ClN2O2.C8H15NO2.C7H13N/c1-6-21(4)10-9-11-23-12-13-24-20-25(30)14-15-26(24)27(22(23)5)31-16-18-32(19-17-31)28(33)29(34,7-2)8-3;1-2-8(11)4-3-5-9(6-8)7-10;1-4-6-8-7(3)5-2/h9-11,14-15,20,27,34H,6-8,12-13,16-19H2,1-5H3;7,11H,2-6H2,1H3;5-6H,4H2,1-3H3/b11-9-,21-10+;;7-5-,8-6?. The minimum absolute atomic E-state index is 0.126. The molecule has 1 aromatic rings. The first kappa shape index (κ1) is 46.1. The molecule has 0 spiro atoms. The van der Waals surface area contributed by atoms with Gasteiger partial charge in [-0.05, 0) is 120 Å². The second kappa shape index (κ2) is 23.0. The van der Waals surface area contributed by atoms with Crippen LogP contribution in [0.15, 0.2) is 69.9 Å². The van der Waals surface area contributed by atoms with E-state index in [0.717, 1.165) is 81.7 Å². The lowest BCUT2D eigenvalue weighted by Gasteiger charge is -2.42. The van der Waals surface area contributed by atoms with Gasteiger partial charge in [-0.3, -0.25) is 19.5 Å². The van der Waals surface area contributed by atoms with Crippen LogP contribution in [0.25, 0.3) is 0 Å². The summed E-state index contributed by atoms with van der Waals surface area (Å²) >= 11 is 6.38. The predicted molar refractivity (Wildman–Crippen MR) is 222 cm³/mol. The molecule has 8 nitrogen and oxygen atoms in total. The van der Waals surface area contributed by atoms with Crippen LogP contribution < -0.4 is 0 Å². The zero-order chi connectivity index (χ0) is 39.6. The molecule has 2 unspecified atom stereocenters. The molecule has 2 atom stereocenters. The molecule has 3 aliphatic rings. The average molecular weight is 754 g/mol. The van der Waals surface area contributed by atoms with Gasteiger partial charge in [0.1, 0.15) is 5.60 Å². The summed E-state index contributed by atoms with van der Waals surface area (Å²) in [4.78, 5) is 33.5. The van der Waals surface area contributed by atoms with Crippen molar-refractivity contribution in [2.45, 2.75) is 137 Å². The summed E-state index contributed by atoms with van der Waals surface area (Å²) in [6.45, 7) is 22.5. The minimum atomic E-state index is -1.24. The Labute approximate surface area is 326 Å². The lowest BCUT2D eigenvalue weighted by Crippen LogP contribution is -2.56. The van der Waals surface area contributed by atoms with Gasteiger partial charge in [0.2, 0.25) is 6.41 Å². The molecule has 2 aliphatic heterocycles. The number of hydrogen-bond acceptors (Lipinski definition) is 6. The van der Waals surface area contributed by atoms with Crippen LogP contribution in [0.2, 0.25) is 5.02 Å². The topological polar surface area (TPSA) is 96.7 Å². The minimum Gasteiger partial charge on any atom is -0.388 e. The van der Waals surface area contributed by atoms with Gasteiger partial charge in [0.05, 0.1) is 11.6 Å². The van der Waals surface area contributed by atoms with E-state index in [2.05, 4.69) is 67.9 Å². The molecule has 2 saturated heterocycles. The van der Waals surface area contributed by atoms with Gasteiger partial charge in [0.15, 0.2) is 0 Å². The van der Waals surface area contributed by atoms with E-state index in [9.17, 15) is 19.8 Å². The van der Waals surface area contributed by atoms with Crippen LogP contribution in [0.5, 0.6) is 0 Å². The van der Waals surface area contributed by atoms with Crippen LogP contribution in [0, 0.1) is 0 Å². The van der Waals surface area contributed by atoms with Crippen molar-refractivity contribution in [3.05, 3.63) is 81.1 Å². The van der Waals surface area contributed by atoms with Gasteiger partial charge < -0.3 is 20.0 Å². The van der Waals surface area contributed by atoms with E-state index >= 15 is 0 Å². The van der Waals surface area contributed by atoms with Crippen molar-refractivity contribution in [2.75, 3.05) is 39.3 Å². The van der Waals surface area contributed by atoms with Gasteiger partial charge in [0, 0.05) is 56.2 Å². The van der Waals surface area contributed by atoms with Gasteiger partial charge in [0.25, 0.3) is 5.91 Å². The van der Waals surface area contributed by atoms with Crippen molar-refractivity contribution in [1.29, 1.82) is 0 Å². The zero-order valence-electron chi connectivity index (χ0n) is 34.3. The molecular formula is C44H69ClN4O4. The monoisotopic (exact) mass is 753 g/mol. The number of amides is 2. The first-order chi connectivity index (χ1) is 25.2. The average Bonchev–Trinajstić information content (AvgIpc) is 3.31. The Bertz CT molecular complexity index is 1470. The predicted octanol–water partition coefficient (Wildman–Crippen LogP) is 9.02. The molecule has 2 amide bonds. The van der Waals surface area contributed by atoms with Crippen LogP contribution >= 0.6 is 11.6 Å². The molecule has 9 heteroatoms. The van der Waals surface area contributed by atoms with Crippen LogP contribution in [-0.4, -0.2) is 93.9 Å². The Balaban J connectivity index is 0.000000416. The Morgan fingerprint density at radius 2 is 1.74 bits per heavy atom. The number of carbonyl (C=O) groups is 2. The number of aliphatic hydroxyl groups is 2. The third kappa shape index (κ3) is 14.0. The van der Waals surface area contributed by atoms with E-state index in [1.807, 2.05) is 57.9 Å². The van der Waals surface area contributed by atoms with E-state index in [4.69, 9.17) is 11.6 Å². The van der Waals surface area contributed by atoms with Gasteiger partial charge in [-0.2, -0.15) is 0 Å². The Hall–Kier alpha value is -3.04. The van der Waals surface area contributed by atoms with Gasteiger partial charge in [-0.25, -0.2) is 0 Å². The SMILES string of the molecule is C/C=C(/C)N=CCC.CC/C(C)=C/C=C\C1=C(C)C(N2CCN(C(=O)C(O)(CC)CC)CC2)c2ccc(Cl)cc2CC1.CCC1(O)CCCN(C=O)C1. The number of fused-ring (bicyclic) bond motifs is 1. The number of aryl methyl sites for hydroxylation is 1. The Morgan fingerprint density at radius 1 is 1.06 bits per heavy atom. The largest absolute Gasteiger partial charge is 0.388 e. The number of hydrogen-bond donors (Lipinski definition) is 2. The number of aliphatic imine (C=N–C) groups is 1. The second-order valence-corrected chi connectivity index (χ2v) is 15.1. The van der Waals surface area contributed by atoms with E-state index in [-0.39, 0.29) is 11.9 Å². The molecule has 296 valence electrons. The second-order valence-electron chi connectivity index (χ2n) is 14.7. The fraction of sp³-hybridized carbons (Fsp3) is 0.614. The number of rotatable bonds is 11. The number of halogens is 1. The lowest BCUT2D eigenvalue weighted by molar-refractivity contribution is -0.154. The summed E-state index contributed by atoms with van der Waals surface area (Å²) < 4.78 is 0. The van der Waals surface area contributed by atoms with Crippen LogP contribution in [0.3, 0.4) is 0 Å². The smallest absolute Gasteiger partial charge is 0.254 e. The molecule has 2 fully saturated rings. The highest BCUT2D eigenvalue weighted by molar-refractivity contribution is 6.30. The molecule has 0 aromatic heterocycles. The van der Waals surface area contributed by atoms with Crippen molar-refractivity contribution in [1.82, 2.24) is 14.7 Å². The molecule has 53 heavy (non-hydrogen) atoms. The Morgan fingerprint density at radius 3 is 2.30 bits per heavy atom. The van der Waals surface area contributed by atoms with Crippen molar-refractivity contribution >= 4 is 30.1 Å². The van der Waals surface area contributed by atoms with Gasteiger partial charge in [-0.1, -0.05) is 82.2 Å². The maximum atomic E-state index is 13.0. The van der Waals surface area contributed by atoms with Gasteiger partial charge >= 0.3 is 0 Å². The van der Waals surface area contributed by atoms with Crippen molar-refractivity contribution in [3.8, 4) is 0 Å². The summed E-state index contributed by atoms with van der Waals surface area (Å²) in [5.74, 6) is -0.126. The summed E-state index contributed by atoms with van der Waals surface area (Å²) in [5, 5.41) is 21.3. The first-order valence-electron chi connectivity index (χ1n) is 19.9. The molecule has 2 N–H and O–H groups in total. The number of likely N-dealkylation sites (tertiary alicyclic amines) is 1. The van der Waals surface area contributed by atoms with E-state index in [1.165, 1.54) is 27.8 Å². The van der Waals surface area contributed by atoms with Crippen LogP contribution in [-0.2, 0) is 16.0 Å². The number of benzene rings is 1. The summed E-state index contributed by atoms with van der Waals surface area (Å²) in [6, 6.07) is 6.47. The number of nitrogens with zero attached hydrogens (tertiary/aromatic N) is 4. The maximum absolute atomic E-state index is 13.0. The molecule has 4 rings (SSSR count). The van der Waals surface area contributed by atoms with Crippen molar-refractivity contribution in [3.63, 3.8) is 0 Å². The Kier molecular flexibility index (Phi) is 20.0. The fourth-order valence-corrected chi connectivity index (χ4v) is 7.13. The normalized spacial score (nSPS) is 21.8. The van der Waals surface area contributed by atoms with Crippen molar-refractivity contribution in [2.24, 2.45) is 4.99 Å². The third-order valence-corrected chi connectivity index (χ3v) is 11.3. The summed E-state index contributed by atoms with van der Waals surface area (Å²) in [7, 11) is 0. The molecule has 0 saturated carbocycles. The van der Waals surface area contributed by atoms with E-state index < -0.39 is 11.2 Å². The number of carbonyl (C=O) groups excluding carboxylic acids is 2. The number of allylic oxidation sites excluding steroid dienone is 7. The van der Waals surface area contributed by atoms with Crippen LogP contribution in [0.4, 0.5) is 0 Å². The molecular weight excluding hydrogens is 684 g/mol. The molecule has 1 aromatic carbocycles. The molecule has 0 radical (unpaired) electrons. The summed E-state index contributed by atoms with van der Waals surface area (Å²) in [6.07, 6.45) is 18.8. The van der Waals surface area contributed by atoms with E-state index in [0.29, 0.717) is 32.5 Å². The van der Waals surface area contributed by atoms with Crippen LogP contribution in [0.1, 0.15) is 131 Å². The highest BCUT2D eigenvalue weighted by Crippen LogP contribution is 2.39. The van der Waals surface area contributed by atoms with E-state index in [1.54, 1.807) is 4.90 Å². The molecule has 1 aliphatic carbocycles. The quantitative estimate of drug-likeness (QED) is 0.134. The number of piperazine rings is 1. The zero-order valence-corrected chi connectivity index (χ0v) is 35.0. The lowest BCUT2D eigenvalue weighted by atomic mass is 9.91. The summed E-state index contributed by atoms with van der Waals surface area (Å²) in [5.41, 5.74) is 5.99. The molecule has 0 bridgehead atoms. The van der Waals surface area contributed by atoms with Crippen molar-refractivity contribution < 1.29 is 19.8 Å². The number of piperidine rings is 1.